The second kappa shape index (κ2) is 5.37. The summed E-state index contributed by atoms with van der Waals surface area (Å²) in [7, 11) is 0. The highest BCUT2D eigenvalue weighted by Crippen LogP contribution is 2.22. The van der Waals surface area contributed by atoms with Crippen molar-refractivity contribution in [2.75, 3.05) is 12.8 Å². The van der Waals surface area contributed by atoms with Crippen molar-refractivity contribution >= 4 is 44.9 Å². The molecule has 15 heavy (non-hydrogen) atoms. The predicted octanol–water partition coefficient (Wildman–Crippen LogP) is 3.38. The summed E-state index contributed by atoms with van der Waals surface area (Å²) in [4.78, 5) is 11.7. The molecule has 0 saturated heterocycles. The van der Waals surface area contributed by atoms with Crippen molar-refractivity contribution in [3.8, 4) is 0 Å². The van der Waals surface area contributed by atoms with Crippen molar-refractivity contribution in [3.63, 3.8) is 0 Å². The lowest BCUT2D eigenvalue weighted by Gasteiger charge is -2.21. The van der Waals surface area contributed by atoms with Crippen LogP contribution in [0.2, 0.25) is 0 Å². The first-order chi connectivity index (χ1) is 6.94. The molecule has 0 saturated carbocycles. The fourth-order valence-corrected chi connectivity index (χ4v) is 2.25. The number of thiophene rings is 1. The number of carbonyl (C=O) groups excluding carboxylic acids is 1. The summed E-state index contributed by atoms with van der Waals surface area (Å²) < 4.78 is 1.07. The van der Waals surface area contributed by atoms with Crippen LogP contribution in [0.1, 0.15) is 24.2 Å². The van der Waals surface area contributed by atoms with E-state index in [1.807, 2.05) is 17.7 Å². The van der Waals surface area contributed by atoms with Crippen molar-refractivity contribution in [2.24, 2.45) is 0 Å². The van der Waals surface area contributed by atoms with E-state index < -0.39 is 0 Å². The number of halogens is 1. The Hall–Kier alpha value is -0.000000000000000111. The fraction of sp³-hybridized carbons (Fsp3) is 0.500. The molecule has 2 nitrogen and oxygen atoms in total. The molecule has 0 atom stereocenters. The quantitative estimate of drug-likeness (QED) is 0.924. The van der Waals surface area contributed by atoms with Crippen molar-refractivity contribution in [3.05, 3.63) is 20.8 Å². The van der Waals surface area contributed by atoms with Crippen LogP contribution in [0.25, 0.3) is 0 Å². The number of hydrogen-bond donors (Lipinski definition) is 1. The van der Waals surface area contributed by atoms with Gasteiger partial charge in [0.1, 0.15) is 0 Å². The highest BCUT2D eigenvalue weighted by atomic mass is 79.9. The van der Waals surface area contributed by atoms with Crippen molar-refractivity contribution in [1.82, 2.24) is 5.32 Å². The predicted molar refractivity (Wildman–Crippen MR) is 71.9 cm³/mol. The SMILES string of the molecule is CSC(C)(C)CNC(=O)c1csc(Br)c1. The van der Waals surface area contributed by atoms with Gasteiger partial charge in [-0.05, 0) is 42.1 Å². The largest absolute Gasteiger partial charge is 0.351 e. The van der Waals surface area contributed by atoms with Gasteiger partial charge >= 0.3 is 0 Å². The van der Waals surface area contributed by atoms with Crippen LogP contribution in [0, 0.1) is 0 Å². The van der Waals surface area contributed by atoms with E-state index in [0.29, 0.717) is 6.54 Å². The molecule has 0 fully saturated rings. The number of carbonyl (C=O) groups is 1. The van der Waals surface area contributed by atoms with Crippen molar-refractivity contribution in [2.45, 2.75) is 18.6 Å². The first kappa shape index (κ1) is 13.1. The second-order valence-electron chi connectivity index (χ2n) is 3.79. The Kier molecular flexibility index (Phi) is 4.67. The zero-order valence-electron chi connectivity index (χ0n) is 8.96. The van der Waals surface area contributed by atoms with Gasteiger partial charge in [0.25, 0.3) is 5.91 Å². The normalized spacial score (nSPS) is 11.5. The summed E-state index contributed by atoms with van der Waals surface area (Å²) in [6.45, 7) is 4.91. The number of rotatable bonds is 4. The van der Waals surface area contributed by atoms with E-state index >= 15 is 0 Å². The third kappa shape index (κ3) is 4.17. The van der Waals surface area contributed by atoms with E-state index in [1.165, 1.54) is 11.3 Å². The molecule has 0 radical (unpaired) electrons. The summed E-state index contributed by atoms with van der Waals surface area (Å²) in [6, 6.07) is 1.84. The van der Waals surface area contributed by atoms with E-state index in [-0.39, 0.29) is 10.7 Å². The van der Waals surface area contributed by atoms with E-state index in [9.17, 15) is 4.79 Å². The molecule has 0 spiro atoms. The molecule has 0 bridgehead atoms. The average Bonchev–Trinajstić information content (AvgIpc) is 2.61. The number of thioether (sulfide) groups is 1. The monoisotopic (exact) mass is 307 g/mol. The van der Waals surface area contributed by atoms with Crippen molar-refractivity contribution in [1.29, 1.82) is 0 Å². The van der Waals surface area contributed by atoms with Crippen LogP contribution < -0.4 is 5.32 Å². The number of hydrogen-bond acceptors (Lipinski definition) is 3. The molecule has 0 aromatic carbocycles. The van der Waals surface area contributed by atoms with Gasteiger partial charge in [-0.3, -0.25) is 4.79 Å². The molecular formula is C10H14BrNOS2. The molecule has 1 heterocycles. The summed E-state index contributed by atoms with van der Waals surface area (Å²) in [5.41, 5.74) is 0.726. The highest BCUT2D eigenvalue weighted by molar-refractivity contribution is 9.11. The van der Waals surface area contributed by atoms with Gasteiger partial charge in [0, 0.05) is 16.7 Å². The van der Waals surface area contributed by atoms with Gasteiger partial charge in [0.05, 0.1) is 9.35 Å². The zero-order valence-corrected chi connectivity index (χ0v) is 12.2. The third-order valence-corrected chi connectivity index (χ3v) is 4.81. The van der Waals surface area contributed by atoms with Crippen LogP contribution in [-0.4, -0.2) is 23.5 Å². The van der Waals surface area contributed by atoms with Crippen LogP contribution in [0.5, 0.6) is 0 Å². The molecule has 1 rings (SSSR count). The van der Waals surface area contributed by atoms with E-state index in [2.05, 4.69) is 35.1 Å². The van der Waals surface area contributed by atoms with Gasteiger partial charge in [-0.2, -0.15) is 11.8 Å². The molecule has 1 aromatic heterocycles. The third-order valence-electron chi connectivity index (χ3n) is 2.06. The lowest BCUT2D eigenvalue weighted by Crippen LogP contribution is -2.35. The standard InChI is InChI=1S/C10H14BrNOS2/c1-10(2,14-3)6-12-9(13)7-4-8(11)15-5-7/h4-5H,6H2,1-3H3,(H,12,13). The van der Waals surface area contributed by atoms with E-state index in [4.69, 9.17) is 0 Å². The molecule has 1 aromatic rings. The van der Waals surface area contributed by atoms with Crippen LogP contribution in [0.15, 0.2) is 15.2 Å². The van der Waals surface area contributed by atoms with Gasteiger partial charge in [-0.25, -0.2) is 0 Å². The second-order valence-corrected chi connectivity index (χ2v) is 7.59. The summed E-state index contributed by atoms with van der Waals surface area (Å²) >= 11 is 6.61. The Morgan fingerprint density at radius 2 is 2.33 bits per heavy atom. The van der Waals surface area contributed by atoms with Crippen LogP contribution in [0.3, 0.4) is 0 Å². The Balaban J connectivity index is 2.50. The maximum absolute atomic E-state index is 11.7. The minimum Gasteiger partial charge on any atom is -0.351 e. The van der Waals surface area contributed by atoms with Crippen LogP contribution >= 0.6 is 39.0 Å². The van der Waals surface area contributed by atoms with Crippen molar-refractivity contribution < 1.29 is 4.79 Å². The van der Waals surface area contributed by atoms with Gasteiger partial charge in [-0.15, -0.1) is 11.3 Å². The van der Waals surface area contributed by atoms with Crippen LogP contribution in [0.4, 0.5) is 0 Å². The molecule has 1 N–H and O–H groups in total. The molecule has 0 aliphatic rings. The lowest BCUT2D eigenvalue weighted by molar-refractivity contribution is 0.0951. The lowest BCUT2D eigenvalue weighted by atomic mass is 10.2. The Bertz CT molecular complexity index is 349. The van der Waals surface area contributed by atoms with Gasteiger partial charge < -0.3 is 5.32 Å². The van der Waals surface area contributed by atoms with Gasteiger partial charge in [0.15, 0.2) is 0 Å². The van der Waals surface area contributed by atoms with Crippen LogP contribution in [-0.2, 0) is 0 Å². The summed E-state index contributed by atoms with van der Waals surface area (Å²) in [5.74, 6) is -0.000856. The highest BCUT2D eigenvalue weighted by Gasteiger charge is 2.17. The minimum absolute atomic E-state index is 0.000856. The zero-order chi connectivity index (χ0) is 11.5. The molecular weight excluding hydrogens is 294 g/mol. The topological polar surface area (TPSA) is 29.1 Å². The molecule has 84 valence electrons. The molecule has 0 unspecified atom stereocenters. The number of nitrogens with one attached hydrogen (secondary N) is 1. The molecule has 0 aliphatic heterocycles. The molecule has 1 amide bonds. The Labute approximate surface area is 107 Å². The Morgan fingerprint density at radius 1 is 1.67 bits per heavy atom. The van der Waals surface area contributed by atoms with E-state index in [0.717, 1.165) is 9.35 Å². The number of amides is 1. The Morgan fingerprint density at radius 3 is 2.80 bits per heavy atom. The molecule has 0 aliphatic carbocycles. The average molecular weight is 308 g/mol. The van der Waals surface area contributed by atoms with E-state index in [1.54, 1.807) is 11.8 Å². The first-order valence-corrected chi connectivity index (χ1v) is 7.42. The summed E-state index contributed by atoms with van der Waals surface area (Å²) in [6.07, 6.45) is 2.05. The maximum atomic E-state index is 11.7. The first-order valence-electron chi connectivity index (χ1n) is 4.52. The molecule has 5 heteroatoms. The van der Waals surface area contributed by atoms with Gasteiger partial charge in [-0.1, -0.05) is 0 Å². The summed E-state index contributed by atoms with van der Waals surface area (Å²) in [5, 5.41) is 4.78. The smallest absolute Gasteiger partial charge is 0.252 e. The van der Waals surface area contributed by atoms with Gasteiger partial charge in [0.2, 0.25) is 0 Å². The maximum Gasteiger partial charge on any atom is 0.252 e. The fourth-order valence-electron chi connectivity index (χ4n) is 0.897. The minimum atomic E-state index is -0.000856.